The molecule has 0 bridgehead atoms. The van der Waals surface area contributed by atoms with Gasteiger partial charge in [-0.25, -0.2) is 0 Å². The highest BCUT2D eigenvalue weighted by atomic mass is 32.3. The number of hydrogen-bond acceptors (Lipinski definition) is 4. The molecule has 18 heavy (non-hydrogen) atoms. The van der Waals surface area contributed by atoms with E-state index in [1.54, 1.807) is 0 Å². The standard InChI is InChI=1S/C8H20N.F2HNO4S2/c1-5-9(6-2,7-3)8-4;1-8(4,5)3-9(2,6)7/h5-8H2,1-4H3;3H/q+1;. The van der Waals surface area contributed by atoms with Crippen LogP contribution in [0.3, 0.4) is 0 Å². The van der Waals surface area contributed by atoms with Crippen LogP contribution in [0.2, 0.25) is 0 Å². The second-order valence-electron chi connectivity index (χ2n) is 3.57. The van der Waals surface area contributed by atoms with E-state index in [9.17, 15) is 24.6 Å². The Morgan fingerprint density at radius 3 is 1.00 bits per heavy atom. The molecule has 6 nitrogen and oxygen atoms in total. The zero-order chi connectivity index (χ0) is 15.0. The molecule has 0 heterocycles. The van der Waals surface area contributed by atoms with Crippen molar-refractivity contribution in [1.29, 1.82) is 0 Å². The van der Waals surface area contributed by atoms with Crippen LogP contribution in [0.25, 0.3) is 0 Å². The van der Waals surface area contributed by atoms with E-state index in [2.05, 4.69) is 27.7 Å². The summed E-state index contributed by atoms with van der Waals surface area (Å²) in [5.74, 6) is 0. The average molecular weight is 311 g/mol. The lowest BCUT2D eigenvalue weighted by Crippen LogP contribution is -2.47. The molecule has 0 spiro atoms. The minimum Gasteiger partial charge on any atom is -0.325 e. The first kappa shape index (κ1) is 20.0. The summed E-state index contributed by atoms with van der Waals surface area (Å²) in [6.45, 7) is 14.2. The van der Waals surface area contributed by atoms with Crippen molar-refractivity contribution in [1.82, 2.24) is 4.13 Å². The van der Waals surface area contributed by atoms with Crippen LogP contribution in [0.1, 0.15) is 27.7 Å². The van der Waals surface area contributed by atoms with Crippen LogP contribution in [-0.4, -0.2) is 47.5 Å². The van der Waals surface area contributed by atoms with E-state index in [4.69, 9.17) is 0 Å². The Balaban J connectivity index is 0. The summed E-state index contributed by atoms with van der Waals surface area (Å²) in [6.07, 6.45) is 0. The molecule has 0 saturated heterocycles. The molecular weight excluding hydrogens is 290 g/mol. The van der Waals surface area contributed by atoms with Crippen molar-refractivity contribution in [2.45, 2.75) is 27.7 Å². The van der Waals surface area contributed by atoms with E-state index in [0.29, 0.717) is 0 Å². The quantitative estimate of drug-likeness (QED) is 0.583. The topological polar surface area (TPSA) is 80.3 Å². The van der Waals surface area contributed by atoms with E-state index in [-0.39, 0.29) is 4.13 Å². The summed E-state index contributed by atoms with van der Waals surface area (Å²) in [4.78, 5) is 0. The molecule has 0 amide bonds. The van der Waals surface area contributed by atoms with Crippen molar-refractivity contribution in [3.63, 3.8) is 0 Å². The molecule has 0 fully saturated rings. The fourth-order valence-electron chi connectivity index (χ4n) is 1.46. The first-order chi connectivity index (χ1) is 7.95. The minimum absolute atomic E-state index is 0.0694. The van der Waals surface area contributed by atoms with Gasteiger partial charge in [-0.2, -0.15) is 16.8 Å². The van der Waals surface area contributed by atoms with Gasteiger partial charge in [0.2, 0.25) is 0 Å². The summed E-state index contributed by atoms with van der Waals surface area (Å²) in [5.41, 5.74) is 0. The molecule has 0 atom stereocenters. The molecule has 0 aliphatic rings. The van der Waals surface area contributed by atoms with Crippen molar-refractivity contribution < 1.29 is 29.1 Å². The number of rotatable bonds is 6. The maximum Gasteiger partial charge on any atom is 0.387 e. The first-order valence-corrected chi connectivity index (χ1v) is 8.24. The molecule has 0 rings (SSSR count). The SMILES string of the molecule is CC[N+](CC)(CC)CC.O=S(=O)(F)NS(=O)(=O)F. The lowest BCUT2D eigenvalue weighted by Gasteiger charge is -2.34. The molecule has 10 heteroatoms. The maximum atomic E-state index is 11.1. The monoisotopic (exact) mass is 311 g/mol. The number of nitrogens with zero attached hydrogens (tertiary/aromatic N) is 1. The van der Waals surface area contributed by atoms with Gasteiger partial charge in [0.05, 0.1) is 26.2 Å². The molecule has 0 saturated carbocycles. The Labute approximate surface area is 108 Å². The van der Waals surface area contributed by atoms with E-state index in [1.165, 1.54) is 30.7 Å². The van der Waals surface area contributed by atoms with Crippen molar-refractivity contribution >= 4 is 20.8 Å². The van der Waals surface area contributed by atoms with Crippen molar-refractivity contribution in [3.8, 4) is 0 Å². The van der Waals surface area contributed by atoms with E-state index < -0.39 is 20.8 Å². The summed E-state index contributed by atoms with van der Waals surface area (Å²) < 4.78 is 60.6. The Hall–Kier alpha value is -0.320. The van der Waals surface area contributed by atoms with Crippen LogP contribution in [0.15, 0.2) is 0 Å². The third-order valence-electron chi connectivity index (χ3n) is 2.88. The Bertz CT molecular complexity index is 371. The molecule has 112 valence electrons. The minimum atomic E-state index is -5.49. The largest absolute Gasteiger partial charge is 0.387 e. The van der Waals surface area contributed by atoms with E-state index >= 15 is 0 Å². The van der Waals surface area contributed by atoms with Gasteiger partial charge in [-0.15, -0.1) is 0 Å². The lowest BCUT2D eigenvalue weighted by atomic mass is 10.3. The van der Waals surface area contributed by atoms with Crippen molar-refractivity contribution in [3.05, 3.63) is 0 Å². The van der Waals surface area contributed by atoms with E-state index in [1.807, 2.05) is 0 Å². The molecule has 0 aromatic rings. The van der Waals surface area contributed by atoms with Crippen LogP contribution in [-0.2, 0) is 20.8 Å². The zero-order valence-corrected chi connectivity index (χ0v) is 12.6. The van der Waals surface area contributed by atoms with Gasteiger partial charge in [0.15, 0.2) is 0 Å². The summed E-state index contributed by atoms with van der Waals surface area (Å²) >= 11 is 0. The lowest BCUT2D eigenvalue weighted by molar-refractivity contribution is -0.921. The Kier molecular flexibility index (Phi) is 8.86. The Morgan fingerprint density at radius 2 is 1.00 bits per heavy atom. The van der Waals surface area contributed by atoms with E-state index in [0.717, 1.165) is 0 Å². The highest BCUT2D eigenvalue weighted by Crippen LogP contribution is 2.03. The van der Waals surface area contributed by atoms with Crippen LogP contribution < -0.4 is 4.13 Å². The number of nitrogens with one attached hydrogen (secondary N) is 1. The highest BCUT2D eigenvalue weighted by molar-refractivity contribution is 7.99. The smallest absolute Gasteiger partial charge is 0.325 e. The predicted molar refractivity (Wildman–Crippen MR) is 65.6 cm³/mol. The third kappa shape index (κ3) is 10.8. The molecule has 0 aromatic heterocycles. The van der Waals surface area contributed by atoms with Gasteiger partial charge in [-0.1, -0.05) is 11.9 Å². The van der Waals surface area contributed by atoms with Crippen molar-refractivity contribution in [2.24, 2.45) is 0 Å². The first-order valence-electron chi connectivity index (χ1n) is 5.48. The summed E-state index contributed by atoms with van der Waals surface area (Å²) in [6, 6.07) is 0. The highest BCUT2D eigenvalue weighted by Gasteiger charge is 2.17. The normalized spacial score (nSPS) is 12.8. The molecule has 0 aromatic carbocycles. The Morgan fingerprint density at radius 1 is 0.778 bits per heavy atom. The fourth-order valence-corrected chi connectivity index (χ4v) is 2.41. The second-order valence-corrected chi connectivity index (χ2v) is 5.98. The maximum absolute atomic E-state index is 11.1. The summed E-state index contributed by atoms with van der Waals surface area (Å²) in [5, 5.41) is 0. The van der Waals surface area contributed by atoms with Gasteiger partial charge in [0, 0.05) is 0 Å². The number of halogens is 2. The van der Waals surface area contributed by atoms with Crippen molar-refractivity contribution in [2.75, 3.05) is 26.2 Å². The number of hydrogen-bond donors (Lipinski definition) is 1. The zero-order valence-electron chi connectivity index (χ0n) is 11.0. The van der Waals surface area contributed by atoms with Gasteiger partial charge in [0.1, 0.15) is 0 Å². The van der Waals surface area contributed by atoms with Gasteiger partial charge in [-0.05, 0) is 27.7 Å². The number of quaternary nitrogens is 1. The van der Waals surface area contributed by atoms with Gasteiger partial charge in [-0.3, -0.25) is 0 Å². The molecule has 0 unspecified atom stereocenters. The molecule has 0 radical (unpaired) electrons. The van der Waals surface area contributed by atoms with Crippen LogP contribution in [0.4, 0.5) is 7.77 Å². The van der Waals surface area contributed by atoms with Crippen LogP contribution in [0.5, 0.6) is 0 Å². The predicted octanol–water partition coefficient (Wildman–Crippen LogP) is 0.887. The van der Waals surface area contributed by atoms with Gasteiger partial charge < -0.3 is 4.48 Å². The summed E-state index contributed by atoms with van der Waals surface area (Å²) in [7, 11) is -11.0. The average Bonchev–Trinajstić information content (AvgIpc) is 2.17. The second kappa shape index (κ2) is 7.97. The molecule has 0 aliphatic heterocycles. The molecule has 0 aliphatic carbocycles. The molecular formula is C8H21F2N2O4S2+. The molecule has 1 N–H and O–H groups in total. The van der Waals surface area contributed by atoms with Crippen LogP contribution in [0, 0.1) is 0 Å². The van der Waals surface area contributed by atoms with Crippen LogP contribution >= 0.6 is 0 Å². The van der Waals surface area contributed by atoms with Gasteiger partial charge >= 0.3 is 20.8 Å². The third-order valence-corrected chi connectivity index (χ3v) is 4.47. The van der Waals surface area contributed by atoms with Gasteiger partial charge in [0.25, 0.3) is 0 Å². The fraction of sp³-hybridized carbons (Fsp3) is 1.00.